The van der Waals surface area contributed by atoms with Crippen LogP contribution in [0.2, 0.25) is 0 Å². The number of carbonyl (C=O) groups excluding carboxylic acids is 1. The number of amides is 1. The molecule has 0 unspecified atom stereocenters. The Morgan fingerprint density at radius 1 is 1.12 bits per heavy atom. The van der Waals surface area contributed by atoms with Crippen molar-refractivity contribution in [2.45, 2.75) is 50.6 Å². The number of aromatic nitrogens is 6. The first-order valence-electron chi connectivity index (χ1n) is 11.3. The summed E-state index contributed by atoms with van der Waals surface area (Å²) < 4.78 is 5.46. The van der Waals surface area contributed by atoms with Gasteiger partial charge in [-0.25, -0.2) is 0 Å². The first-order chi connectivity index (χ1) is 16.2. The van der Waals surface area contributed by atoms with Gasteiger partial charge in [-0.15, -0.1) is 10.2 Å². The number of fused-ring (bicyclic) bond motifs is 1. The number of benzene rings is 2. The summed E-state index contributed by atoms with van der Waals surface area (Å²) in [6, 6.07) is 15.9. The maximum absolute atomic E-state index is 12.7. The lowest BCUT2D eigenvalue weighted by Gasteiger charge is -2.20. The van der Waals surface area contributed by atoms with Crippen molar-refractivity contribution in [3.05, 3.63) is 76.9 Å². The van der Waals surface area contributed by atoms with E-state index in [4.69, 9.17) is 4.52 Å². The first kappa shape index (κ1) is 19.8. The molecule has 2 aromatic heterocycles. The third kappa shape index (κ3) is 3.90. The molecule has 1 atom stereocenters. The fourth-order valence-corrected chi connectivity index (χ4v) is 4.45. The van der Waals surface area contributed by atoms with E-state index in [0.29, 0.717) is 18.3 Å². The Hall–Kier alpha value is -3.88. The van der Waals surface area contributed by atoms with Crippen LogP contribution in [0.25, 0.3) is 11.4 Å². The van der Waals surface area contributed by atoms with Gasteiger partial charge in [0.05, 0.1) is 12.6 Å². The lowest BCUT2D eigenvalue weighted by molar-refractivity contribution is 0.0925. The summed E-state index contributed by atoms with van der Waals surface area (Å²) in [6.45, 7) is 0.467. The zero-order valence-electron chi connectivity index (χ0n) is 18.0. The van der Waals surface area contributed by atoms with Crippen molar-refractivity contribution in [1.29, 1.82) is 0 Å². The predicted molar refractivity (Wildman–Crippen MR) is 118 cm³/mol. The van der Waals surface area contributed by atoms with Gasteiger partial charge in [0.15, 0.2) is 0 Å². The molecule has 1 saturated carbocycles. The number of hydrogen-bond acceptors (Lipinski definition) is 7. The van der Waals surface area contributed by atoms with Crippen LogP contribution in [0, 0.1) is 0 Å². The first-order valence-corrected chi connectivity index (χ1v) is 11.3. The Labute approximate surface area is 190 Å². The number of rotatable bonds is 6. The van der Waals surface area contributed by atoms with Gasteiger partial charge in [-0.05, 0) is 53.7 Å². The van der Waals surface area contributed by atoms with Gasteiger partial charge in [-0.1, -0.05) is 54.0 Å². The standard InChI is InChI=1S/C24H23N7O2/c32-23(22-27-30-31(28-22)14-15-5-2-1-3-6-15)25-20-12-10-17-13-18(9-11-19(17)20)21-26-24(33-29-21)16-7-4-8-16/h1-3,5-6,9,11,13,16,20H,4,7-8,10,12,14H2,(H,25,32)/t20-/m1/s1. The normalized spacial score (nSPS) is 17.5. The maximum Gasteiger partial charge on any atom is 0.293 e. The monoisotopic (exact) mass is 441 g/mol. The van der Waals surface area contributed by atoms with Gasteiger partial charge in [0.1, 0.15) is 0 Å². The Bertz CT molecular complexity index is 1290. The van der Waals surface area contributed by atoms with Gasteiger partial charge in [0, 0.05) is 11.5 Å². The zero-order valence-corrected chi connectivity index (χ0v) is 18.0. The Kier molecular flexibility index (Phi) is 4.93. The largest absolute Gasteiger partial charge is 0.342 e. The molecule has 9 nitrogen and oxygen atoms in total. The van der Waals surface area contributed by atoms with Crippen molar-refractivity contribution in [1.82, 2.24) is 35.7 Å². The van der Waals surface area contributed by atoms with Gasteiger partial charge >= 0.3 is 0 Å². The van der Waals surface area contributed by atoms with Crippen LogP contribution < -0.4 is 5.32 Å². The third-order valence-corrected chi connectivity index (χ3v) is 6.50. The van der Waals surface area contributed by atoms with Gasteiger partial charge in [0.25, 0.3) is 11.7 Å². The van der Waals surface area contributed by atoms with Gasteiger partial charge in [-0.3, -0.25) is 4.79 Å². The highest BCUT2D eigenvalue weighted by Crippen LogP contribution is 2.37. The van der Waals surface area contributed by atoms with Crippen LogP contribution in [0.15, 0.2) is 53.1 Å². The molecule has 4 aromatic rings. The molecule has 0 saturated heterocycles. The van der Waals surface area contributed by atoms with E-state index in [1.165, 1.54) is 16.8 Å². The summed E-state index contributed by atoms with van der Waals surface area (Å²) in [5.41, 5.74) is 4.28. The van der Waals surface area contributed by atoms with Crippen LogP contribution in [0.4, 0.5) is 0 Å². The zero-order chi connectivity index (χ0) is 22.2. The molecule has 2 heterocycles. The van der Waals surface area contributed by atoms with E-state index < -0.39 is 0 Å². The van der Waals surface area contributed by atoms with E-state index in [9.17, 15) is 4.79 Å². The molecule has 1 N–H and O–H groups in total. The molecule has 0 spiro atoms. The fourth-order valence-electron chi connectivity index (χ4n) is 4.45. The Balaban J connectivity index is 1.13. The van der Waals surface area contributed by atoms with E-state index >= 15 is 0 Å². The number of nitrogens with one attached hydrogen (secondary N) is 1. The van der Waals surface area contributed by atoms with Crippen molar-refractivity contribution in [3.63, 3.8) is 0 Å². The Morgan fingerprint density at radius 3 is 2.82 bits per heavy atom. The quantitative estimate of drug-likeness (QED) is 0.488. The molecular formula is C24H23N7O2. The second kappa shape index (κ2) is 8.23. The molecule has 0 aliphatic heterocycles. The van der Waals surface area contributed by atoms with Crippen molar-refractivity contribution in [3.8, 4) is 11.4 Å². The molecule has 0 bridgehead atoms. The molecule has 33 heavy (non-hydrogen) atoms. The van der Waals surface area contributed by atoms with Crippen molar-refractivity contribution in [2.75, 3.05) is 0 Å². The number of carbonyl (C=O) groups is 1. The van der Waals surface area contributed by atoms with Crippen LogP contribution in [-0.2, 0) is 13.0 Å². The summed E-state index contributed by atoms with van der Waals surface area (Å²) in [5.74, 6) is 1.55. The van der Waals surface area contributed by atoms with Crippen molar-refractivity contribution >= 4 is 5.91 Å². The average molecular weight is 441 g/mol. The highest BCUT2D eigenvalue weighted by Gasteiger charge is 2.28. The van der Waals surface area contributed by atoms with E-state index in [-0.39, 0.29) is 17.8 Å². The third-order valence-electron chi connectivity index (χ3n) is 6.50. The number of tetrazole rings is 1. The van der Waals surface area contributed by atoms with E-state index in [1.807, 2.05) is 42.5 Å². The van der Waals surface area contributed by atoms with Crippen LogP contribution in [-0.4, -0.2) is 36.3 Å². The molecule has 9 heteroatoms. The Morgan fingerprint density at radius 2 is 2.00 bits per heavy atom. The summed E-state index contributed by atoms with van der Waals surface area (Å²) in [6.07, 6.45) is 5.18. The van der Waals surface area contributed by atoms with Crippen LogP contribution in [0.1, 0.15) is 70.8 Å². The molecule has 1 amide bonds. The van der Waals surface area contributed by atoms with Crippen LogP contribution >= 0.6 is 0 Å². The second-order valence-electron chi connectivity index (χ2n) is 8.69. The van der Waals surface area contributed by atoms with Gasteiger partial charge in [0.2, 0.25) is 11.7 Å². The van der Waals surface area contributed by atoms with Crippen LogP contribution in [0.5, 0.6) is 0 Å². The lowest BCUT2D eigenvalue weighted by atomic mass is 9.85. The molecule has 2 aliphatic carbocycles. The van der Waals surface area contributed by atoms with E-state index in [1.54, 1.807) is 0 Å². The molecule has 1 fully saturated rings. The molecule has 2 aliphatic rings. The lowest BCUT2D eigenvalue weighted by Crippen LogP contribution is -2.28. The van der Waals surface area contributed by atoms with Crippen molar-refractivity contribution < 1.29 is 9.32 Å². The topological polar surface area (TPSA) is 112 Å². The van der Waals surface area contributed by atoms with Crippen molar-refractivity contribution in [2.24, 2.45) is 0 Å². The number of hydrogen-bond donors (Lipinski definition) is 1. The summed E-state index contributed by atoms with van der Waals surface area (Å²) in [7, 11) is 0. The highest BCUT2D eigenvalue weighted by atomic mass is 16.5. The van der Waals surface area contributed by atoms with E-state index in [2.05, 4.69) is 36.9 Å². The number of aryl methyl sites for hydroxylation is 1. The summed E-state index contributed by atoms with van der Waals surface area (Å²) >= 11 is 0. The summed E-state index contributed by atoms with van der Waals surface area (Å²) in [5, 5.41) is 19.4. The second-order valence-corrected chi connectivity index (χ2v) is 8.69. The van der Waals surface area contributed by atoms with Crippen LogP contribution in [0.3, 0.4) is 0 Å². The highest BCUT2D eigenvalue weighted by molar-refractivity contribution is 5.90. The maximum atomic E-state index is 12.7. The minimum atomic E-state index is -0.320. The van der Waals surface area contributed by atoms with Gasteiger partial charge < -0.3 is 9.84 Å². The minimum absolute atomic E-state index is 0.0753. The van der Waals surface area contributed by atoms with E-state index in [0.717, 1.165) is 48.3 Å². The minimum Gasteiger partial charge on any atom is -0.342 e. The molecular weight excluding hydrogens is 418 g/mol. The molecule has 2 aromatic carbocycles. The smallest absolute Gasteiger partial charge is 0.293 e. The average Bonchev–Trinajstić information content (AvgIpc) is 3.54. The van der Waals surface area contributed by atoms with Gasteiger partial charge in [-0.2, -0.15) is 9.78 Å². The summed E-state index contributed by atoms with van der Waals surface area (Å²) in [4.78, 5) is 18.8. The fraction of sp³-hybridized carbons (Fsp3) is 0.333. The molecule has 166 valence electrons. The SMILES string of the molecule is O=C(N[C@@H]1CCc2cc(-c3noc(C4CCC4)n3)ccc21)c1nnn(Cc2ccccc2)n1. The molecule has 6 rings (SSSR count). The predicted octanol–water partition coefficient (Wildman–Crippen LogP) is 3.46. The number of nitrogens with zero attached hydrogens (tertiary/aromatic N) is 6. The molecule has 0 radical (unpaired) electrons.